The highest BCUT2D eigenvalue weighted by Gasteiger charge is 2.28. The fraction of sp³-hybridized carbons (Fsp3) is 0.0909. The Balaban J connectivity index is 1.79. The Kier molecular flexibility index (Phi) is 3.96. The topological polar surface area (TPSA) is 3.24 Å². The smallest absolute Gasteiger partial charge is 0.316 e. The molecule has 0 saturated heterocycles. The van der Waals surface area contributed by atoms with Crippen LogP contribution in [0.15, 0.2) is 84.8 Å². The van der Waals surface area contributed by atoms with Gasteiger partial charge in [0.05, 0.1) is 0 Å². The quantitative estimate of drug-likeness (QED) is 0.645. The number of anilines is 1. The van der Waals surface area contributed by atoms with Gasteiger partial charge in [0.15, 0.2) is 0 Å². The predicted molar refractivity (Wildman–Crippen MR) is 105 cm³/mol. The van der Waals surface area contributed by atoms with E-state index in [4.69, 9.17) is 0 Å². The zero-order valence-electron chi connectivity index (χ0n) is 13.9. The van der Waals surface area contributed by atoms with Crippen molar-refractivity contribution < 1.29 is 0 Å². The summed E-state index contributed by atoms with van der Waals surface area (Å²) in [6.07, 6.45) is 2.26. The first kappa shape index (κ1) is 14.8. The fourth-order valence-electron chi connectivity index (χ4n) is 3.49. The van der Waals surface area contributed by atoms with Crippen molar-refractivity contribution in [1.82, 2.24) is 0 Å². The van der Waals surface area contributed by atoms with Gasteiger partial charge in [-0.2, -0.15) is 0 Å². The maximum Gasteiger partial charge on any atom is 0.316 e. The molecule has 2 heteroatoms. The van der Waals surface area contributed by atoms with Crippen molar-refractivity contribution in [3.63, 3.8) is 0 Å². The highest BCUT2D eigenvalue weighted by molar-refractivity contribution is 6.82. The van der Waals surface area contributed by atoms with Crippen LogP contribution in [0, 0.1) is 6.92 Å². The second kappa shape index (κ2) is 6.41. The highest BCUT2D eigenvalue weighted by Crippen LogP contribution is 2.29. The van der Waals surface area contributed by atoms with Gasteiger partial charge < -0.3 is 4.81 Å². The summed E-state index contributed by atoms with van der Waals surface area (Å²) in [7, 11) is 0. The average Bonchev–Trinajstić information content (AvgIpc) is 2.64. The molecule has 0 N–H and O–H groups in total. The summed E-state index contributed by atoms with van der Waals surface area (Å²) in [4.78, 5) is 2.51. The van der Waals surface area contributed by atoms with Gasteiger partial charge in [0, 0.05) is 12.2 Å². The van der Waals surface area contributed by atoms with Crippen molar-refractivity contribution in [3.05, 3.63) is 102 Å². The van der Waals surface area contributed by atoms with Crippen LogP contribution >= 0.6 is 0 Å². The Morgan fingerprint density at radius 1 is 0.792 bits per heavy atom. The van der Waals surface area contributed by atoms with Gasteiger partial charge in [0.25, 0.3) is 0 Å². The van der Waals surface area contributed by atoms with Gasteiger partial charge in [-0.15, -0.1) is 0 Å². The molecule has 0 atom stereocenters. The average molecular weight is 309 g/mol. The molecule has 1 nitrogen and oxygen atoms in total. The van der Waals surface area contributed by atoms with E-state index in [-0.39, 0.29) is 6.85 Å². The molecule has 0 aromatic heterocycles. The summed E-state index contributed by atoms with van der Waals surface area (Å²) in [5, 5.41) is 0. The standard InChI is InChI=1S/C22H20BN/c1-18-9-5-7-13-21(18)23-16-15-20-12-6-8-14-22(20)24(23)17-19-10-3-2-4-11-19/h2-16H,17H2,1H3. The van der Waals surface area contributed by atoms with Crippen LogP contribution in [0.2, 0.25) is 0 Å². The number of fused-ring (bicyclic) bond motifs is 1. The van der Waals surface area contributed by atoms with Gasteiger partial charge in [-0.3, -0.25) is 0 Å². The molecule has 0 spiro atoms. The third kappa shape index (κ3) is 2.76. The normalized spacial score (nSPS) is 13.0. The number of nitrogens with zero attached hydrogens (tertiary/aromatic N) is 1. The molecule has 0 saturated carbocycles. The van der Waals surface area contributed by atoms with Crippen molar-refractivity contribution in [2.45, 2.75) is 13.5 Å². The third-order valence-electron chi connectivity index (χ3n) is 4.74. The monoisotopic (exact) mass is 309 g/mol. The van der Waals surface area contributed by atoms with E-state index in [0.29, 0.717) is 0 Å². The summed E-state index contributed by atoms with van der Waals surface area (Å²) >= 11 is 0. The van der Waals surface area contributed by atoms with Gasteiger partial charge >= 0.3 is 6.85 Å². The lowest BCUT2D eigenvalue weighted by atomic mass is 9.51. The van der Waals surface area contributed by atoms with E-state index in [9.17, 15) is 0 Å². The maximum absolute atomic E-state index is 2.51. The lowest BCUT2D eigenvalue weighted by molar-refractivity contribution is 1.02. The van der Waals surface area contributed by atoms with Crippen molar-refractivity contribution in [1.29, 1.82) is 0 Å². The molecule has 0 amide bonds. The van der Waals surface area contributed by atoms with Crippen LogP contribution in [0.1, 0.15) is 16.7 Å². The summed E-state index contributed by atoms with van der Waals surface area (Å²) in [6, 6.07) is 28.1. The minimum Gasteiger partial charge on any atom is -0.403 e. The Morgan fingerprint density at radius 2 is 1.50 bits per heavy atom. The molecule has 0 bridgehead atoms. The van der Waals surface area contributed by atoms with Crippen molar-refractivity contribution in [2.24, 2.45) is 0 Å². The molecule has 1 heterocycles. The van der Waals surface area contributed by atoms with Gasteiger partial charge in [0.1, 0.15) is 0 Å². The first-order valence-corrected chi connectivity index (χ1v) is 8.46. The molecule has 0 fully saturated rings. The number of hydrogen-bond donors (Lipinski definition) is 0. The molecular formula is C22H20BN. The molecule has 1 aliphatic rings. The lowest BCUT2D eigenvalue weighted by Gasteiger charge is -2.35. The first-order chi connectivity index (χ1) is 11.8. The molecule has 4 rings (SSSR count). The highest BCUT2D eigenvalue weighted by atomic mass is 15.1. The van der Waals surface area contributed by atoms with E-state index in [2.05, 4.69) is 103 Å². The van der Waals surface area contributed by atoms with Crippen molar-refractivity contribution >= 4 is 24.1 Å². The van der Waals surface area contributed by atoms with Gasteiger partial charge in [-0.1, -0.05) is 90.4 Å². The first-order valence-electron chi connectivity index (χ1n) is 8.46. The minimum absolute atomic E-state index is 0.265. The Labute approximate surface area is 144 Å². The summed E-state index contributed by atoms with van der Waals surface area (Å²) < 4.78 is 0. The summed E-state index contributed by atoms with van der Waals surface area (Å²) in [5.74, 6) is 2.33. The van der Waals surface area contributed by atoms with Gasteiger partial charge in [-0.25, -0.2) is 0 Å². The van der Waals surface area contributed by atoms with Crippen molar-refractivity contribution in [3.8, 4) is 0 Å². The zero-order chi connectivity index (χ0) is 16.4. The van der Waals surface area contributed by atoms with E-state index in [0.717, 1.165) is 6.54 Å². The predicted octanol–water partition coefficient (Wildman–Crippen LogP) is 4.47. The maximum atomic E-state index is 2.51. The van der Waals surface area contributed by atoms with Crippen LogP contribution in [0.25, 0.3) is 6.08 Å². The van der Waals surface area contributed by atoms with Gasteiger partial charge in [-0.05, 0) is 29.6 Å². The second-order valence-electron chi connectivity index (χ2n) is 6.33. The van der Waals surface area contributed by atoms with Crippen LogP contribution in [0.3, 0.4) is 0 Å². The molecule has 24 heavy (non-hydrogen) atoms. The van der Waals surface area contributed by atoms with Crippen LogP contribution in [-0.4, -0.2) is 6.85 Å². The molecule has 3 aromatic rings. The molecule has 0 radical (unpaired) electrons. The molecule has 1 aliphatic heterocycles. The Bertz CT molecular complexity index is 870. The minimum atomic E-state index is 0.265. The van der Waals surface area contributed by atoms with E-state index < -0.39 is 0 Å². The van der Waals surface area contributed by atoms with Crippen LogP contribution in [0.5, 0.6) is 0 Å². The number of hydrogen-bond acceptors (Lipinski definition) is 1. The van der Waals surface area contributed by atoms with E-state index in [1.807, 2.05) is 0 Å². The lowest BCUT2D eigenvalue weighted by Crippen LogP contribution is -2.49. The molecule has 0 unspecified atom stereocenters. The number of aryl methyl sites for hydroxylation is 1. The summed E-state index contributed by atoms with van der Waals surface area (Å²) in [6.45, 7) is 3.37. The number of para-hydroxylation sites is 1. The van der Waals surface area contributed by atoms with E-state index in [1.165, 1.54) is 27.8 Å². The summed E-state index contributed by atoms with van der Waals surface area (Å²) in [5.41, 5.74) is 6.64. The number of rotatable bonds is 3. The van der Waals surface area contributed by atoms with Crippen LogP contribution < -0.4 is 10.3 Å². The SMILES string of the molecule is Cc1ccccc1B1C=Cc2ccccc2N1Cc1ccccc1. The van der Waals surface area contributed by atoms with Crippen LogP contribution in [0.4, 0.5) is 5.69 Å². The molecular weight excluding hydrogens is 289 g/mol. The third-order valence-corrected chi connectivity index (χ3v) is 4.74. The van der Waals surface area contributed by atoms with Crippen LogP contribution in [-0.2, 0) is 6.54 Å². The molecule has 0 aliphatic carbocycles. The molecule has 116 valence electrons. The zero-order valence-corrected chi connectivity index (χ0v) is 13.9. The van der Waals surface area contributed by atoms with Gasteiger partial charge in [0.2, 0.25) is 0 Å². The Hall–Kier alpha value is -2.74. The largest absolute Gasteiger partial charge is 0.403 e. The van der Waals surface area contributed by atoms with E-state index >= 15 is 0 Å². The van der Waals surface area contributed by atoms with Crippen molar-refractivity contribution in [2.75, 3.05) is 4.81 Å². The number of benzene rings is 3. The second-order valence-corrected chi connectivity index (χ2v) is 6.33. The Morgan fingerprint density at radius 3 is 2.33 bits per heavy atom. The van der Waals surface area contributed by atoms with E-state index in [1.54, 1.807) is 0 Å². The molecule has 3 aromatic carbocycles. The fourth-order valence-corrected chi connectivity index (χ4v) is 3.49.